The fourth-order valence-electron chi connectivity index (χ4n) is 8.31. The summed E-state index contributed by atoms with van der Waals surface area (Å²) >= 11 is 6.64. The number of carbonyl (C=O) groups is 1. The Balaban J connectivity index is 1.22. The maximum atomic E-state index is 13.9. The van der Waals surface area contributed by atoms with Crippen LogP contribution in [0.15, 0.2) is 0 Å². The maximum absolute atomic E-state index is 13.9. The Morgan fingerprint density at radius 1 is 1.00 bits per heavy atom. The molecule has 5 unspecified atom stereocenters. The minimum absolute atomic E-state index is 0.0193. The molecule has 6 atom stereocenters. The Labute approximate surface area is 233 Å². The number of alkyl halides is 2. The third-order valence-corrected chi connectivity index (χ3v) is 10.8. The van der Waals surface area contributed by atoms with E-state index in [1.54, 1.807) is 0 Å². The highest BCUT2D eigenvalue weighted by atomic mass is 35.5. The van der Waals surface area contributed by atoms with Gasteiger partial charge in [0.25, 0.3) is 0 Å². The van der Waals surface area contributed by atoms with Gasteiger partial charge in [0.2, 0.25) is 5.91 Å². The van der Waals surface area contributed by atoms with Crippen molar-refractivity contribution in [1.29, 1.82) is 0 Å². The average molecular weight is 556 g/mol. The van der Waals surface area contributed by atoms with Crippen LogP contribution in [0, 0.1) is 11.3 Å². The van der Waals surface area contributed by atoms with Gasteiger partial charge in [0.05, 0.1) is 18.1 Å². The van der Waals surface area contributed by atoms with E-state index in [1.807, 2.05) is 0 Å². The minimum Gasteiger partial charge on any atom is -0.350 e. The Morgan fingerprint density at radius 3 is 2.42 bits per heavy atom. The summed E-state index contributed by atoms with van der Waals surface area (Å²) in [6.45, 7) is 5.87. The Kier molecular flexibility index (Phi) is 9.88. The van der Waals surface area contributed by atoms with Gasteiger partial charge in [-0.15, -0.1) is 11.6 Å². The number of halogens is 2. The second kappa shape index (κ2) is 13.0. The summed E-state index contributed by atoms with van der Waals surface area (Å²) in [6, 6.07) is 0.730. The number of piperidine rings is 2. The minimum atomic E-state index is -0.732. The predicted molar refractivity (Wildman–Crippen MR) is 151 cm³/mol. The molecule has 0 radical (unpaired) electrons. The van der Waals surface area contributed by atoms with E-state index in [4.69, 9.17) is 23.1 Å². The van der Waals surface area contributed by atoms with Crippen molar-refractivity contribution in [3.05, 3.63) is 0 Å². The summed E-state index contributed by atoms with van der Waals surface area (Å²) in [5.74, 6) is -0.524. The molecule has 5 fully saturated rings. The molecule has 5 aliphatic rings. The first kappa shape index (κ1) is 29.0. The Morgan fingerprint density at radius 2 is 1.74 bits per heavy atom. The lowest BCUT2D eigenvalue weighted by atomic mass is 9.72. The number of rotatable bonds is 6. The highest BCUT2D eigenvalue weighted by molar-refractivity contribution is 6.20. The monoisotopic (exact) mass is 555 g/mol. The number of nitrogens with one attached hydrogen (secondary N) is 3. The second-order valence-corrected chi connectivity index (χ2v) is 13.6. The third kappa shape index (κ3) is 6.84. The largest absolute Gasteiger partial charge is 0.350 e. The predicted octanol–water partition coefficient (Wildman–Crippen LogP) is 1.51. The van der Waals surface area contributed by atoms with E-state index in [-0.39, 0.29) is 28.8 Å². The normalized spacial score (nSPS) is 36.8. The molecule has 4 heterocycles. The highest BCUT2D eigenvalue weighted by Gasteiger charge is 2.44. The molecule has 10 heteroatoms. The zero-order valence-electron chi connectivity index (χ0n) is 23.1. The zero-order chi connectivity index (χ0) is 26.7. The van der Waals surface area contributed by atoms with E-state index < -0.39 is 18.3 Å². The number of carbonyl (C=O) groups excluding carboxylic acids is 1. The average Bonchev–Trinajstić information content (AvgIpc) is 3.55. The number of nitrogens with two attached hydrogens (primary N) is 2. The summed E-state index contributed by atoms with van der Waals surface area (Å²) in [4.78, 5) is 18.8. The Bertz CT molecular complexity index is 776. The lowest BCUT2D eigenvalue weighted by Crippen LogP contribution is -2.65. The van der Waals surface area contributed by atoms with Crippen LogP contribution in [0.4, 0.5) is 4.39 Å². The van der Waals surface area contributed by atoms with Gasteiger partial charge in [-0.2, -0.15) is 0 Å². The van der Waals surface area contributed by atoms with E-state index in [9.17, 15) is 9.18 Å². The van der Waals surface area contributed by atoms with Gasteiger partial charge in [-0.1, -0.05) is 12.8 Å². The zero-order valence-corrected chi connectivity index (χ0v) is 23.8. The molecule has 7 N–H and O–H groups in total. The molecule has 0 bridgehead atoms. The third-order valence-electron chi connectivity index (χ3n) is 10.5. The molecule has 1 aliphatic carbocycles. The van der Waals surface area contributed by atoms with Crippen LogP contribution < -0.4 is 27.4 Å². The van der Waals surface area contributed by atoms with Crippen molar-refractivity contribution in [3.8, 4) is 0 Å². The SMILES string of the molecule is NC(N)C(C(=O)NC1CNCCC1N1CCC(N2CC[C@H](F)C2)CC1)C1CC2(CCCC2)CCC(Cl)CN1. The van der Waals surface area contributed by atoms with Crippen LogP contribution >= 0.6 is 11.6 Å². The van der Waals surface area contributed by atoms with Gasteiger partial charge in [0, 0.05) is 62.8 Å². The smallest absolute Gasteiger partial charge is 0.227 e. The summed E-state index contributed by atoms with van der Waals surface area (Å²) < 4.78 is 13.7. The molecule has 1 spiro atoms. The number of hydrogen-bond acceptors (Lipinski definition) is 7. The van der Waals surface area contributed by atoms with Crippen LogP contribution in [0.1, 0.15) is 70.6 Å². The quantitative estimate of drug-likeness (QED) is 0.249. The Hall–Kier alpha value is -0.550. The molecule has 4 saturated heterocycles. The molecular weight excluding hydrogens is 505 g/mol. The van der Waals surface area contributed by atoms with Crippen molar-refractivity contribution >= 4 is 17.5 Å². The van der Waals surface area contributed by atoms with E-state index in [2.05, 4.69) is 25.8 Å². The molecule has 8 nitrogen and oxygen atoms in total. The molecule has 218 valence electrons. The van der Waals surface area contributed by atoms with Crippen LogP contribution in [0.25, 0.3) is 0 Å². The molecule has 4 aliphatic heterocycles. The summed E-state index contributed by atoms with van der Waals surface area (Å²) in [6.07, 6.45) is 10.4. The fourth-order valence-corrected chi connectivity index (χ4v) is 8.51. The first-order valence-corrected chi connectivity index (χ1v) is 15.8. The van der Waals surface area contributed by atoms with E-state index in [0.717, 1.165) is 71.2 Å². The standard InChI is InChI=1S/C28H51ClFN7O/c29-19-3-10-28(8-1-2-9-28)15-22(34-16-19)25(26(31)32)27(38)35-23-17-33-11-4-24(23)36-13-6-21(7-14-36)37-12-5-20(30)18-37/h19-26,33-34H,1-18,31-32H2,(H,35,38)/t19?,20-,22?,23?,24?,25?/m0/s1. The maximum Gasteiger partial charge on any atom is 0.227 e. The lowest BCUT2D eigenvalue weighted by Gasteiger charge is -2.46. The van der Waals surface area contributed by atoms with E-state index in [0.29, 0.717) is 31.6 Å². The van der Waals surface area contributed by atoms with Crippen LogP contribution in [0.2, 0.25) is 0 Å². The number of amides is 1. The van der Waals surface area contributed by atoms with Crippen molar-refractivity contribution in [2.75, 3.05) is 45.8 Å². The number of hydrogen-bond donors (Lipinski definition) is 5. The highest BCUT2D eigenvalue weighted by Crippen LogP contribution is 2.47. The molecule has 0 aromatic rings. The van der Waals surface area contributed by atoms with Gasteiger partial charge < -0.3 is 27.4 Å². The lowest BCUT2D eigenvalue weighted by molar-refractivity contribution is -0.128. The molecule has 1 amide bonds. The van der Waals surface area contributed by atoms with Gasteiger partial charge >= 0.3 is 0 Å². The van der Waals surface area contributed by atoms with Gasteiger partial charge in [0.15, 0.2) is 0 Å². The number of likely N-dealkylation sites (tertiary alicyclic amines) is 2. The van der Waals surface area contributed by atoms with Gasteiger partial charge in [-0.3, -0.25) is 14.6 Å². The molecule has 0 aromatic carbocycles. The molecular formula is C28H51ClFN7O. The second-order valence-electron chi connectivity index (χ2n) is 13.0. The summed E-state index contributed by atoms with van der Waals surface area (Å²) in [7, 11) is 0. The fraction of sp³-hybridized carbons (Fsp3) is 0.964. The molecule has 38 heavy (non-hydrogen) atoms. The van der Waals surface area contributed by atoms with Crippen molar-refractivity contribution in [2.45, 2.75) is 113 Å². The number of nitrogens with zero attached hydrogens (tertiary/aromatic N) is 2. The van der Waals surface area contributed by atoms with Crippen molar-refractivity contribution < 1.29 is 9.18 Å². The van der Waals surface area contributed by atoms with Crippen LogP contribution in [-0.4, -0.2) is 103 Å². The van der Waals surface area contributed by atoms with Crippen LogP contribution in [-0.2, 0) is 4.79 Å². The first-order chi connectivity index (χ1) is 18.3. The van der Waals surface area contributed by atoms with E-state index >= 15 is 0 Å². The van der Waals surface area contributed by atoms with Crippen molar-refractivity contribution in [2.24, 2.45) is 22.8 Å². The molecule has 0 aromatic heterocycles. The summed E-state index contributed by atoms with van der Waals surface area (Å²) in [5.41, 5.74) is 12.9. The van der Waals surface area contributed by atoms with E-state index in [1.165, 1.54) is 25.7 Å². The topological polar surface area (TPSA) is 112 Å². The van der Waals surface area contributed by atoms with Crippen molar-refractivity contribution in [1.82, 2.24) is 25.8 Å². The molecule has 5 rings (SSSR count). The first-order valence-electron chi connectivity index (χ1n) is 15.4. The van der Waals surface area contributed by atoms with Gasteiger partial charge in [0.1, 0.15) is 6.17 Å². The van der Waals surface area contributed by atoms with Crippen LogP contribution in [0.3, 0.4) is 0 Å². The van der Waals surface area contributed by atoms with Gasteiger partial charge in [-0.05, 0) is 69.7 Å². The van der Waals surface area contributed by atoms with Crippen LogP contribution in [0.5, 0.6) is 0 Å². The van der Waals surface area contributed by atoms with Gasteiger partial charge in [-0.25, -0.2) is 4.39 Å². The molecule has 1 saturated carbocycles. The van der Waals surface area contributed by atoms with Crippen molar-refractivity contribution in [3.63, 3.8) is 0 Å². The summed E-state index contributed by atoms with van der Waals surface area (Å²) in [5, 5.41) is 10.6.